The molecular formula is C19H23N5O2. The molecule has 0 aliphatic carbocycles. The Kier molecular flexibility index (Phi) is 4.22. The largest absolute Gasteiger partial charge is 0.361 e. The maximum atomic E-state index is 13.3. The Balaban J connectivity index is 1.71. The van der Waals surface area contributed by atoms with Gasteiger partial charge < -0.3 is 9.42 Å². The molecule has 0 spiro atoms. The van der Waals surface area contributed by atoms with Crippen LogP contribution in [0.2, 0.25) is 0 Å². The predicted octanol–water partition coefficient (Wildman–Crippen LogP) is 3.26. The molecule has 1 atom stereocenters. The first-order valence-electron chi connectivity index (χ1n) is 9.17. The van der Waals surface area contributed by atoms with E-state index >= 15 is 0 Å². The van der Waals surface area contributed by atoms with Crippen molar-refractivity contribution < 1.29 is 9.32 Å². The molecule has 1 fully saturated rings. The van der Waals surface area contributed by atoms with Gasteiger partial charge in [-0.15, -0.1) is 0 Å². The van der Waals surface area contributed by atoms with E-state index in [0.29, 0.717) is 17.7 Å². The number of likely N-dealkylation sites (tertiary alicyclic amines) is 1. The second-order valence-corrected chi connectivity index (χ2v) is 6.87. The van der Waals surface area contributed by atoms with Crippen molar-refractivity contribution in [3.8, 4) is 0 Å². The molecule has 1 amide bonds. The van der Waals surface area contributed by atoms with Gasteiger partial charge in [0.2, 0.25) is 0 Å². The van der Waals surface area contributed by atoms with Crippen molar-refractivity contribution in [1.82, 2.24) is 24.7 Å². The molecule has 136 valence electrons. The van der Waals surface area contributed by atoms with Crippen LogP contribution in [0, 0.1) is 13.8 Å². The third kappa shape index (κ3) is 2.77. The molecule has 7 nitrogen and oxygen atoms in total. The van der Waals surface area contributed by atoms with Crippen molar-refractivity contribution >= 4 is 11.6 Å². The fraction of sp³-hybridized carbons (Fsp3) is 0.474. The summed E-state index contributed by atoms with van der Waals surface area (Å²) >= 11 is 0. The maximum Gasteiger partial charge on any atom is 0.259 e. The van der Waals surface area contributed by atoms with Crippen molar-refractivity contribution in [1.29, 1.82) is 0 Å². The van der Waals surface area contributed by atoms with Gasteiger partial charge in [0.15, 0.2) is 5.65 Å². The number of carbonyl (C=O) groups excluding carboxylic acids is 1. The lowest BCUT2D eigenvalue weighted by Crippen LogP contribution is -2.39. The molecule has 1 aliphatic heterocycles. The molecule has 0 saturated carbocycles. The summed E-state index contributed by atoms with van der Waals surface area (Å²) in [6.45, 7) is 6.46. The lowest BCUT2D eigenvalue weighted by Gasteiger charge is -2.35. The van der Waals surface area contributed by atoms with Crippen molar-refractivity contribution in [3.05, 3.63) is 46.7 Å². The summed E-state index contributed by atoms with van der Waals surface area (Å²) in [5.41, 5.74) is 4.00. The van der Waals surface area contributed by atoms with E-state index in [1.54, 1.807) is 11.4 Å². The highest BCUT2D eigenvalue weighted by Crippen LogP contribution is 2.32. The van der Waals surface area contributed by atoms with Crippen molar-refractivity contribution in [2.45, 2.75) is 52.5 Å². The number of piperidine rings is 1. The summed E-state index contributed by atoms with van der Waals surface area (Å²) in [5.74, 6) is 0.586. The summed E-state index contributed by atoms with van der Waals surface area (Å²) in [6, 6.07) is 3.89. The molecule has 7 heteroatoms. The Bertz CT molecular complexity index is 958. The molecule has 1 unspecified atom stereocenters. The van der Waals surface area contributed by atoms with Crippen molar-refractivity contribution in [3.63, 3.8) is 0 Å². The van der Waals surface area contributed by atoms with Crippen LogP contribution in [0.3, 0.4) is 0 Å². The van der Waals surface area contributed by atoms with Gasteiger partial charge in [0, 0.05) is 18.8 Å². The first-order chi connectivity index (χ1) is 12.6. The Hall–Kier alpha value is -2.70. The molecule has 26 heavy (non-hydrogen) atoms. The third-order valence-electron chi connectivity index (χ3n) is 5.06. The summed E-state index contributed by atoms with van der Waals surface area (Å²) in [5, 5.41) is 8.42. The number of fused-ring (bicyclic) bond motifs is 1. The van der Waals surface area contributed by atoms with Crippen LogP contribution in [0.5, 0.6) is 0 Å². The second-order valence-electron chi connectivity index (χ2n) is 6.87. The monoisotopic (exact) mass is 353 g/mol. The van der Waals surface area contributed by atoms with Crippen LogP contribution in [-0.2, 0) is 6.42 Å². The Morgan fingerprint density at radius 3 is 3.00 bits per heavy atom. The molecule has 0 aromatic carbocycles. The molecular weight excluding hydrogens is 330 g/mol. The quantitative estimate of drug-likeness (QED) is 0.722. The van der Waals surface area contributed by atoms with Gasteiger partial charge in [0.1, 0.15) is 11.3 Å². The molecule has 1 saturated heterocycles. The summed E-state index contributed by atoms with van der Waals surface area (Å²) in [6.07, 6.45) is 5.60. The third-order valence-corrected chi connectivity index (χ3v) is 5.06. The van der Waals surface area contributed by atoms with Crippen molar-refractivity contribution in [2.24, 2.45) is 0 Å². The van der Waals surface area contributed by atoms with E-state index in [1.165, 1.54) is 0 Å². The fourth-order valence-electron chi connectivity index (χ4n) is 3.76. The zero-order chi connectivity index (χ0) is 18.3. The zero-order valence-corrected chi connectivity index (χ0v) is 15.4. The van der Waals surface area contributed by atoms with Gasteiger partial charge in [-0.3, -0.25) is 4.79 Å². The van der Waals surface area contributed by atoms with Crippen LogP contribution in [-0.4, -0.2) is 37.1 Å². The molecule has 0 bridgehead atoms. The second kappa shape index (κ2) is 6.55. The number of aromatic nitrogens is 4. The van der Waals surface area contributed by atoms with Crippen LogP contribution in [0.15, 0.2) is 22.9 Å². The summed E-state index contributed by atoms with van der Waals surface area (Å²) in [7, 11) is 0. The molecule has 4 heterocycles. The standard InChI is InChI=1S/C19H23N5O2/c1-4-14-18(13(3)26-22-14)19(25)23-9-6-5-7-16(23)15-8-10-24-17(20-15)11-12(2)21-24/h8,10-11,16H,4-7,9H2,1-3H3. The van der Waals surface area contributed by atoms with Gasteiger partial charge in [-0.25, -0.2) is 9.50 Å². The van der Waals surface area contributed by atoms with E-state index in [2.05, 4.69) is 10.3 Å². The minimum atomic E-state index is -0.0320. The number of hydrogen-bond donors (Lipinski definition) is 0. The molecule has 3 aromatic heterocycles. The van der Waals surface area contributed by atoms with Crippen LogP contribution in [0.25, 0.3) is 5.65 Å². The lowest BCUT2D eigenvalue weighted by atomic mass is 9.97. The first kappa shape index (κ1) is 16.8. The number of rotatable bonds is 3. The van der Waals surface area contributed by atoms with Gasteiger partial charge in [-0.2, -0.15) is 5.10 Å². The van der Waals surface area contributed by atoms with Crippen LogP contribution in [0.4, 0.5) is 0 Å². The van der Waals surface area contributed by atoms with Gasteiger partial charge in [0.05, 0.1) is 23.1 Å². The van der Waals surface area contributed by atoms with E-state index in [4.69, 9.17) is 9.51 Å². The molecule has 4 rings (SSSR count). The Labute approximate surface area is 152 Å². The zero-order valence-electron chi connectivity index (χ0n) is 15.4. The number of hydrogen-bond acceptors (Lipinski definition) is 5. The number of aryl methyl sites for hydroxylation is 3. The fourth-order valence-corrected chi connectivity index (χ4v) is 3.76. The van der Waals surface area contributed by atoms with Gasteiger partial charge in [0.25, 0.3) is 5.91 Å². The molecule has 1 aliphatic rings. The minimum Gasteiger partial charge on any atom is -0.361 e. The Morgan fingerprint density at radius 1 is 1.35 bits per heavy atom. The minimum absolute atomic E-state index is 0.00309. The highest BCUT2D eigenvalue weighted by molar-refractivity contribution is 5.96. The predicted molar refractivity (Wildman–Crippen MR) is 96.0 cm³/mol. The van der Waals surface area contributed by atoms with Gasteiger partial charge in [-0.05, 0) is 45.6 Å². The number of amides is 1. The van der Waals surface area contributed by atoms with Gasteiger partial charge in [-0.1, -0.05) is 12.1 Å². The summed E-state index contributed by atoms with van der Waals surface area (Å²) in [4.78, 5) is 20.0. The molecule has 0 radical (unpaired) electrons. The summed E-state index contributed by atoms with van der Waals surface area (Å²) < 4.78 is 7.05. The van der Waals surface area contributed by atoms with E-state index in [-0.39, 0.29) is 11.9 Å². The van der Waals surface area contributed by atoms with E-state index in [1.807, 2.05) is 37.1 Å². The van der Waals surface area contributed by atoms with E-state index in [9.17, 15) is 4.79 Å². The molecule has 3 aromatic rings. The van der Waals surface area contributed by atoms with Crippen LogP contribution in [0.1, 0.15) is 65.4 Å². The topological polar surface area (TPSA) is 76.5 Å². The number of carbonyl (C=O) groups is 1. The Morgan fingerprint density at radius 2 is 2.19 bits per heavy atom. The highest BCUT2D eigenvalue weighted by Gasteiger charge is 2.33. The number of nitrogens with zero attached hydrogens (tertiary/aromatic N) is 5. The average molecular weight is 353 g/mol. The average Bonchev–Trinajstić information content (AvgIpc) is 3.21. The van der Waals surface area contributed by atoms with Crippen LogP contribution < -0.4 is 0 Å². The van der Waals surface area contributed by atoms with E-state index < -0.39 is 0 Å². The molecule has 0 N–H and O–H groups in total. The normalized spacial score (nSPS) is 17.8. The van der Waals surface area contributed by atoms with Gasteiger partial charge >= 0.3 is 0 Å². The smallest absolute Gasteiger partial charge is 0.259 e. The van der Waals surface area contributed by atoms with Crippen molar-refractivity contribution in [2.75, 3.05) is 6.54 Å². The lowest BCUT2D eigenvalue weighted by molar-refractivity contribution is 0.0603. The van der Waals surface area contributed by atoms with E-state index in [0.717, 1.165) is 48.5 Å². The highest BCUT2D eigenvalue weighted by atomic mass is 16.5. The SMILES string of the molecule is CCc1noc(C)c1C(=O)N1CCCCC1c1ccn2nc(C)cc2n1. The maximum absolute atomic E-state index is 13.3. The van der Waals surface area contributed by atoms with Crippen LogP contribution >= 0.6 is 0 Å². The first-order valence-corrected chi connectivity index (χ1v) is 9.17.